The van der Waals surface area contributed by atoms with Crippen LogP contribution in [0.25, 0.3) is 0 Å². The highest BCUT2D eigenvalue weighted by atomic mass is 16.7. The molecule has 3 rings (SSSR count). The lowest BCUT2D eigenvalue weighted by molar-refractivity contribution is -0.137. The van der Waals surface area contributed by atoms with Gasteiger partial charge in [-0.2, -0.15) is 0 Å². The number of unbranched alkanes of at least 4 members (excludes halogenated alkanes) is 2. The molecule has 0 spiro atoms. The van der Waals surface area contributed by atoms with Crippen molar-refractivity contribution >= 4 is 29.8 Å². The third-order valence-corrected chi connectivity index (χ3v) is 7.04. The standard InChI is InChI=1S/C33H43N3O4/c1-5-28(39-4)21-25(3)30(6-2)27-18-20-36(24-27)40-29-16-17-31(35-23-26-13-9-7-10-14-26)32(22-29)34-19-12-8-11-15-33(37)38/h5-7,9-10,13,16-17,19,21-23,26-27H,8,11-12,14-15,18,20,24H2,1-4H3,(H,37,38)/b25-21-,28-5+,30-6+,34-19?,35-23?. The zero-order valence-corrected chi connectivity index (χ0v) is 24.3. The minimum atomic E-state index is -0.764. The molecule has 0 bridgehead atoms. The monoisotopic (exact) mass is 545 g/mol. The number of nitrogens with zero attached hydrogens (tertiary/aromatic N) is 3. The molecule has 7 nitrogen and oxygen atoms in total. The molecule has 1 N–H and O–H groups in total. The minimum absolute atomic E-state index is 0.181. The molecule has 0 saturated carbocycles. The molecule has 1 aromatic rings. The predicted molar refractivity (Wildman–Crippen MR) is 164 cm³/mol. The van der Waals surface area contributed by atoms with E-state index in [0.29, 0.717) is 18.8 Å². The number of benzene rings is 1. The van der Waals surface area contributed by atoms with Gasteiger partial charge < -0.3 is 14.7 Å². The molecule has 1 fully saturated rings. The van der Waals surface area contributed by atoms with E-state index in [4.69, 9.17) is 24.7 Å². The van der Waals surface area contributed by atoms with Gasteiger partial charge in [-0.3, -0.25) is 14.8 Å². The highest BCUT2D eigenvalue weighted by Crippen LogP contribution is 2.35. The fourth-order valence-corrected chi connectivity index (χ4v) is 4.89. The quantitative estimate of drug-likeness (QED) is 0.111. The Hall–Kier alpha value is -3.71. The van der Waals surface area contributed by atoms with Gasteiger partial charge in [-0.05, 0) is 88.3 Å². The van der Waals surface area contributed by atoms with Crippen LogP contribution in [0, 0.1) is 11.8 Å². The van der Waals surface area contributed by atoms with Crippen molar-refractivity contribution in [3.63, 3.8) is 0 Å². The molecular formula is C33H43N3O4. The smallest absolute Gasteiger partial charge is 0.303 e. The van der Waals surface area contributed by atoms with Crippen molar-refractivity contribution in [1.82, 2.24) is 5.06 Å². The highest BCUT2D eigenvalue weighted by molar-refractivity contribution is 5.77. The van der Waals surface area contributed by atoms with Gasteiger partial charge in [0.25, 0.3) is 0 Å². The Morgan fingerprint density at radius 2 is 2.00 bits per heavy atom. The summed E-state index contributed by atoms with van der Waals surface area (Å²) in [5.41, 5.74) is 4.04. The summed E-state index contributed by atoms with van der Waals surface area (Å²) in [7, 11) is 1.69. The van der Waals surface area contributed by atoms with E-state index in [1.807, 2.05) is 54.8 Å². The molecule has 1 aliphatic carbocycles. The van der Waals surface area contributed by atoms with Crippen LogP contribution in [0.15, 0.2) is 87.6 Å². The Labute approximate surface area is 239 Å². The van der Waals surface area contributed by atoms with Crippen LogP contribution in [0.3, 0.4) is 0 Å². The fourth-order valence-electron chi connectivity index (χ4n) is 4.89. The number of carboxylic acids is 1. The molecule has 1 aliphatic heterocycles. The number of methoxy groups -OCH3 is 1. The molecule has 1 heterocycles. The largest absolute Gasteiger partial charge is 0.497 e. The number of hydroxylamine groups is 2. The lowest BCUT2D eigenvalue weighted by Gasteiger charge is -2.19. The van der Waals surface area contributed by atoms with Gasteiger partial charge in [0.15, 0.2) is 0 Å². The molecule has 1 aromatic carbocycles. The number of ether oxygens (including phenoxy) is 1. The van der Waals surface area contributed by atoms with Crippen LogP contribution in [-0.2, 0) is 9.53 Å². The Kier molecular flexibility index (Phi) is 12.6. The molecule has 2 aliphatic rings. The van der Waals surface area contributed by atoms with Crippen molar-refractivity contribution in [2.75, 3.05) is 20.2 Å². The first-order valence-corrected chi connectivity index (χ1v) is 14.2. The highest BCUT2D eigenvalue weighted by Gasteiger charge is 2.27. The van der Waals surface area contributed by atoms with E-state index in [2.05, 4.69) is 44.2 Å². The summed E-state index contributed by atoms with van der Waals surface area (Å²) in [6.07, 6.45) is 22.7. The summed E-state index contributed by atoms with van der Waals surface area (Å²) in [6, 6.07) is 5.83. The van der Waals surface area contributed by atoms with E-state index in [0.717, 1.165) is 55.2 Å². The number of carbonyl (C=O) groups is 1. The van der Waals surface area contributed by atoms with Crippen LogP contribution < -0.4 is 4.84 Å². The summed E-state index contributed by atoms with van der Waals surface area (Å²) in [4.78, 5) is 26.5. The molecule has 1 saturated heterocycles. The van der Waals surface area contributed by atoms with Crippen LogP contribution in [0.2, 0.25) is 0 Å². The summed E-state index contributed by atoms with van der Waals surface area (Å²) < 4.78 is 5.43. The Bertz CT molecular complexity index is 1210. The number of hydrogen-bond donors (Lipinski definition) is 1. The predicted octanol–water partition coefficient (Wildman–Crippen LogP) is 7.93. The number of carboxylic acid groups (broad SMARTS) is 1. The molecule has 0 radical (unpaired) electrons. The van der Waals surface area contributed by atoms with Gasteiger partial charge in [0.05, 0.1) is 18.5 Å². The van der Waals surface area contributed by atoms with Crippen molar-refractivity contribution in [2.24, 2.45) is 21.8 Å². The number of hydrogen-bond acceptors (Lipinski definition) is 6. The van der Waals surface area contributed by atoms with E-state index in [1.54, 1.807) is 7.11 Å². The van der Waals surface area contributed by atoms with Gasteiger partial charge in [0.1, 0.15) is 11.5 Å². The van der Waals surface area contributed by atoms with E-state index in [9.17, 15) is 4.79 Å². The zero-order chi connectivity index (χ0) is 28.7. The summed E-state index contributed by atoms with van der Waals surface area (Å²) in [5, 5.41) is 10.9. The summed E-state index contributed by atoms with van der Waals surface area (Å²) >= 11 is 0. The molecule has 2 unspecified atom stereocenters. The van der Waals surface area contributed by atoms with Crippen molar-refractivity contribution in [2.45, 2.75) is 59.3 Å². The fraction of sp³-hybridized carbons (Fsp3) is 0.424. The van der Waals surface area contributed by atoms with Gasteiger partial charge in [-0.25, -0.2) is 0 Å². The number of rotatable bonds is 14. The van der Waals surface area contributed by atoms with E-state index < -0.39 is 5.97 Å². The minimum Gasteiger partial charge on any atom is -0.497 e. The normalized spacial score (nSPS) is 20.6. The van der Waals surface area contributed by atoms with E-state index >= 15 is 0 Å². The van der Waals surface area contributed by atoms with Crippen molar-refractivity contribution in [3.8, 4) is 5.75 Å². The molecule has 7 heteroatoms. The van der Waals surface area contributed by atoms with Crippen LogP contribution in [0.1, 0.15) is 59.3 Å². The summed E-state index contributed by atoms with van der Waals surface area (Å²) in [5.74, 6) is 1.46. The number of allylic oxidation sites excluding steroid dienone is 8. The Morgan fingerprint density at radius 1 is 1.15 bits per heavy atom. The third-order valence-electron chi connectivity index (χ3n) is 7.04. The van der Waals surface area contributed by atoms with E-state index in [-0.39, 0.29) is 12.3 Å². The van der Waals surface area contributed by atoms with Crippen LogP contribution in [0.4, 0.5) is 11.4 Å². The lowest BCUT2D eigenvalue weighted by atomic mass is 9.91. The van der Waals surface area contributed by atoms with Crippen molar-refractivity contribution in [1.29, 1.82) is 0 Å². The van der Waals surface area contributed by atoms with Gasteiger partial charge in [0, 0.05) is 49.8 Å². The molecule has 40 heavy (non-hydrogen) atoms. The second kappa shape index (κ2) is 16.4. The molecule has 2 atom stereocenters. The second-order valence-electron chi connectivity index (χ2n) is 10.0. The van der Waals surface area contributed by atoms with Gasteiger partial charge >= 0.3 is 5.97 Å². The maximum Gasteiger partial charge on any atom is 0.303 e. The van der Waals surface area contributed by atoms with Crippen molar-refractivity contribution in [3.05, 3.63) is 77.6 Å². The van der Waals surface area contributed by atoms with E-state index in [1.165, 1.54) is 11.1 Å². The van der Waals surface area contributed by atoms with Crippen LogP contribution in [-0.4, -0.2) is 48.8 Å². The van der Waals surface area contributed by atoms with Crippen LogP contribution >= 0.6 is 0 Å². The van der Waals surface area contributed by atoms with Crippen LogP contribution in [0.5, 0.6) is 5.75 Å². The maximum absolute atomic E-state index is 10.8. The number of aliphatic imine (C=N–C) groups is 2. The molecule has 0 amide bonds. The van der Waals surface area contributed by atoms with Gasteiger partial charge in [0.2, 0.25) is 0 Å². The van der Waals surface area contributed by atoms with Crippen molar-refractivity contribution < 1.29 is 19.5 Å². The third kappa shape index (κ3) is 9.79. The topological polar surface area (TPSA) is 83.7 Å². The summed E-state index contributed by atoms with van der Waals surface area (Å²) in [6.45, 7) is 7.82. The lowest BCUT2D eigenvalue weighted by Crippen LogP contribution is -2.25. The molecular weight excluding hydrogens is 502 g/mol. The first-order chi connectivity index (χ1) is 19.4. The first kappa shape index (κ1) is 30.8. The molecule has 0 aromatic heterocycles. The van der Waals surface area contributed by atoms with Gasteiger partial charge in [-0.15, -0.1) is 5.06 Å². The average molecular weight is 546 g/mol. The zero-order valence-electron chi connectivity index (χ0n) is 24.3. The van der Waals surface area contributed by atoms with Gasteiger partial charge in [-0.1, -0.05) is 30.4 Å². The number of aliphatic carboxylic acids is 1. The Morgan fingerprint density at radius 3 is 2.70 bits per heavy atom. The maximum atomic E-state index is 10.8. The Balaban J connectivity index is 1.70. The SMILES string of the molecule is C\C=C(/C(C)=C\C(=C/C)OC)C1CCN(Oc2ccc(N=CC3C=CC=CC3)c(N=CCCCCC(=O)O)c2)C1. The average Bonchev–Trinajstić information content (AvgIpc) is 3.41. The first-order valence-electron chi connectivity index (χ1n) is 14.2. The molecule has 214 valence electrons. The second-order valence-corrected chi connectivity index (χ2v) is 10.0.